The van der Waals surface area contributed by atoms with Crippen LogP contribution in [0, 0.1) is 0 Å². The molecule has 0 aliphatic rings. The molecule has 0 saturated heterocycles. The summed E-state index contributed by atoms with van der Waals surface area (Å²) in [5.74, 6) is 0. The van der Waals surface area contributed by atoms with Crippen LogP contribution < -0.4 is 0 Å². The first-order valence-corrected chi connectivity index (χ1v) is 5.07. The molecule has 0 N–H and O–H groups in total. The van der Waals surface area contributed by atoms with E-state index in [-0.39, 0.29) is 0 Å². The van der Waals surface area contributed by atoms with E-state index in [1.807, 2.05) is 19.2 Å². The SMILES string of the molecule is C=CC(=C)S/C(C)=C/C=N\C(C)C. The number of hydrogen-bond acceptors (Lipinski definition) is 2. The second kappa shape index (κ2) is 6.72. The summed E-state index contributed by atoms with van der Waals surface area (Å²) in [7, 11) is 0. The fourth-order valence-electron chi connectivity index (χ4n) is 0.603. The maximum absolute atomic E-state index is 4.23. The Balaban J connectivity index is 4.02. The number of rotatable bonds is 5. The van der Waals surface area contributed by atoms with Crippen LogP contribution in [0.2, 0.25) is 0 Å². The van der Waals surface area contributed by atoms with E-state index in [1.54, 1.807) is 17.8 Å². The Bertz CT molecular complexity index is 236. The van der Waals surface area contributed by atoms with E-state index in [1.165, 1.54) is 4.91 Å². The molecule has 0 fully saturated rings. The molecule has 0 bridgehead atoms. The van der Waals surface area contributed by atoms with Gasteiger partial charge in [-0.25, -0.2) is 0 Å². The Morgan fingerprint density at radius 2 is 2.08 bits per heavy atom. The Hall–Kier alpha value is -0.760. The van der Waals surface area contributed by atoms with Crippen molar-refractivity contribution in [3.63, 3.8) is 0 Å². The van der Waals surface area contributed by atoms with Gasteiger partial charge in [0.1, 0.15) is 0 Å². The molecular weight excluding hydrogens is 178 g/mol. The van der Waals surface area contributed by atoms with Crippen molar-refractivity contribution in [2.24, 2.45) is 4.99 Å². The Morgan fingerprint density at radius 1 is 1.46 bits per heavy atom. The van der Waals surface area contributed by atoms with Crippen LogP contribution >= 0.6 is 11.8 Å². The molecule has 0 atom stereocenters. The van der Waals surface area contributed by atoms with Crippen molar-refractivity contribution < 1.29 is 0 Å². The van der Waals surface area contributed by atoms with Crippen LogP contribution in [0.1, 0.15) is 20.8 Å². The summed E-state index contributed by atoms with van der Waals surface area (Å²) in [6, 6.07) is 0.358. The van der Waals surface area contributed by atoms with Gasteiger partial charge in [0.2, 0.25) is 0 Å². The lowest BCUT2D eigenvalue weighted by Crippen LogP contribution is -1.86. The van der Waals surface area contributed by atoms with Crippen molar-refractivity contribution >= 4 is 18.0 Å². The highest BCUT2D eigenvalue weighted by molar-refractivity contribution is 8.06. The predicted octanol–water partition coefficient (Wildman–Crippen LogP) is 3.80. The van der Waals surface area contributed by atoms with Gasteiger partial charge in [0.25, 0.3) is 0 Å². The highest BCUT2D eigenvalue weighted by atomic mass is 32.2. The van der Waals surface area contributed by atoms with Crippen molar-refractivity contribution in [1.82, 2.24) is 0 Å². The first-order valence-electron chi connectivity index (χ1n) is 4.25. The lowest BCUT2D eigenvalue weighted by molar-refractivity contribution is 0.842. The number of aliphatic imine (C=N–C) groups is 1. The quantitative estimate of drug-likeness (QED) is 0.480. The monoisotopic (exact) mass is 195 g/mol. The first kappa shape index (κ1) is 12.2. The molecule has 1 nitrogen and oxygen atoms in total. The fraction of sp³-hybridized carbons (Fsp3) is 0.364. The Kier molecular flexibility index (Phi) is 6.33. The fourth-order valence-corrected chi connectivity index (χ4v) is 1.23. The van der Waals surface area contributed by atoms with Gasteiger partial charge in [-0.15, -0.1) is 0 Å². The Morgan fingerprint density at radius 3 is 2.54 bits per heavy atom. The zero-order valence-electron chi connectivity index (χ0n) is 8.58. The maximum atomic E-state index is 4.23. The summed E-state index contributed by atoms with van der Waals surface area (Å²) in [6.45, 7) is 13.6. The van der Waals surface area contributed by atoms with E-state index in [2.05, 4.69) is 32.0 Å². The van der Waals surface area contributed by atoms with Crippen LogP contribution in [0.15, 0.2) is 40.1 Å². The second-order valence-corrected chi connectivity index (χ2v) is 4.31. The molecule has 0 unspecified atom stereocenters. The van der Waals surface area contributed by atoms with Gasteiger partial charge in [-0.2, -0.15) is 0 Å². The minimum atomic E-state index is 0.358. The van der Waals surface area contributed by atoms with Gasteiger partial charge in [0.15, 0.2) is 0 Å². The van der Waals surface area contributed by atoms with Crippen LogP contribution in [-0.2, 0) is 0 Å². The zero-order chi connectivity index (χ0) is 10.3. The third kappa shape index (κ3) is 7.60. The molecule has 0 aromatic heterocycles. The summed E-state index contributed by atoms with van der Waals surface area (Å²) in [5, 5.41) is 0. The van der Waals surface area contributed by atoms with Crippen molar-refractivity contribution in [1.29, 1.82) is 0 Å². The highest BCUT2D eigenvalue weighted by Gasteiger charge is 1.90. The molecule has 0 heterocycles. The van der Waals surface area contributed by atoms with Gasteiger partial charge in [-0.3, -0.25) is 4.99 Å². The summed E-state index contributed by atoms with van der Waals surface area (Å²) in [5.41, 5.74) is 0. The van der Waals surface area contributed by atoms with Crippen LogP contribution in [0.25, 0.3) is 0 Å². The van der Waals surface area contributed by atoms with Gasteiger partial charge in [-0.05, 0) is 31.8 Å². The third-order valence-corrected chi connectivity index (χ3v) is 2.10. The average molecular weight is 195 g/mol. The van der Waals surface area contributed by atoms with Crippen molar-refractivity contribution in [3.05, 3.63) is 35.1 Å². The second-order valence-electron chi connectivity index (χ2n) is 2.94. The summed E-state index contributed by atoms with van der Waals surface area (Å²) in [6.07, 6.45) is 5.57. The van der Waals surface area contributed by atoms with Gasteiger partial charge < -0.3 is 0 Å². The minimum absolute atomic E-state index is 0.358. The smallest absolute Gasteiger partial charge is 0.0443 e. The summed E-state index contributed by atoms with van der Waals surface area (Å²) in [4.78, 5) is 6.37. The van der Waals surface area contributed by atoms with Crippen molar-refractivity contribution in [2.45, 2.75) is 26.8 Å². The molecule has 0 aliphatic heterocycles. The molecule has 13 heavy (non-hydrogen) atoms. The van der Waals surface area contributed by atoms with Gasteiger partial charge in [0, 0.05) is 17.2 Å². The van der Waals surface area contributed by atoms with Crippen molar-refractivity contribution in [3.8, 4) is 0 Å². The molecule has 0 aliphatic carbocycles. The first-order chi connectivity index (χ1) is 6.06. The van der Waals surface area contributed by atoms with Gasteiger partial charge in [0.05, 0.1) is 0 Å². The Labute approximate surface area is 85.3 Å². The zero-order valence-corrected chi connectivity index (χ0v) is 9.40. The third-order valence-electron chi connectivity index (χ3n) is 1.21. The molecule has 0 radical (unpaired) electrons. The van der Waals surface area contributed by atoms with Crippen LogP contribution in [-0.4, -0.2) is 12.3 Å². The predicted molar refractivity (Wildman–Crippen MR) is 64.3 cm³/mol. The molecular formula is C11H17NS. The summed E-state index contributed by atoms with van der Waals surface area (Å²) < 4.78 is 0. The largest absolute Gasteiger partial charge is 0.290 e. The van der Waals surface area contributed by atoms with Gasteiger partial charge in [-0.1, -0.05) is 31.0 Å². The normalized spacial score (nSPS) is 12.5. The molecule has 72 valence electrons. The molecule has 0 rings (SSSR count). The molecule has 0 amide bonds. The van der Waals surface area contributed by atoms with E-state index in [9.17, 15) is 0 Å². The topological polar surface area (TPSA) is 12.4 Å². The lowest BCUT2D eigenvalue weighted by atomic mass is 10.4. The number of hydrogen-bond donors (Lipinski definition) is 0. The number of thioether (sulfide) groups is 1. The van der Waals surface area contributed by atoms with Gasteiger partial charge >= 0.3 is 0 Å². The lowest BCUT2D eigenvalue weighted by Gasteiger charge is -1.98. The van der Waals surface area contributed by atoms with E-state index in [4.69, 9.17) is 0 Å². The standard InChI is InChI=1S/C11H17NS/c1-6-10(4)13-11(5)7-8-12-9(2)3/h6-9H,1,4H2,2-3,5H3/b11-7+,12-8-. The van der Waals surface area contributed by atoms with Crippen LogP contribution in [0.4, 0.5) is 0 Å². The summed E-state index contributed by atoms with van der Waals surface area (Å²) >= 11 is 1.61. The van der Waals surface area contributed by atoms with E-state index in [0.29, 0.717) is 6.04 Å². The minimum Gasteiger partial charge on any atom is -0.290 e. The van der Waals surface area contributed by atoms with Crippen LogP contribution in [0.3, 0.4) is 0 Å². The van der Waals surface area contributed by atoms with E-state index >= 15 is 0 Å². The van der Waals surface area contributed by atoms with E-state index < -0.39 is 0 Å². The highest BCUT2D eigenvalue weighted by Crippen LogP contribution is 2.22. The molecule has 0 aromatic carbocycles. The molecule has 0 aromatic rings. The molecule has 0 spiro atoms. The number of nitrogens with zero attached hydrogens (tertiary/aromatic N) is 1. The van der Waals surface area contributed by atoms with Crippen LogP contribution in [0.5, 0.6) is 0 Å². The maximum Gasteiger partial charge on any atom is 0.0443 e. The average Bonchev–Trinajstić information content (AvgIpc) is 2.03. The molecule has 2 heteroatoms. The van der Waals surface area contributed by atoms with E-state index in [0.717, 1.165) is 4.91 Å². The number of allylic oxidation sites excluding steroid dienone is 3. The molecule has 0 saturated carbocycles. The van der Waals surface area contributed by atoms with Crippen molar-refractivity contribution in [2.75, 3.05) is 0 Å².